The second-order valence-corrected chi connectivity index (χ2v) is 6.98. The monoisotopic (exact) mass is 409 g/mol. The molecule has 22 heavy (non-hydrogen) atoms. The van der Waals surface area contributed by atoms with Crippen LogP contribution in [0.5, 0.6) is 0 Å². The Kier molecular flexibility index (Phi) is 9.25. The summed E-state index contributed by atoms with van der Waals surface area (Å²) in [6.07, 6.45) is 10.9. The molecule has 1 N–H and O–H groups in total. The molecule has 1 aliphatic heterocycles. The van der Waals surface area contributed by atoms with E-state index in [0.29, 0.717) is 6.04 Å². The summed E-state index contributed by atoms with van der Waals surface area (Å²) < 4.78 is 1.10. The zero-order chi connectivity index (χ0) is 13.8. The van der Waals surface area contributed by atoms with Crippen LogP contribution in [-0.4, -0.2) is 36.1 Å². The average Bonchev–Trinajstić information content (AvgIpc) is 2.50. The van der Waals surface area contributed by atoms with Gasteiger partial charge < -0.3 is 5.32 Å². The first-order valence-electron chi connectivity index (χ1n) is 7.90. The van der Waals surface area contributed by atoms with Gasteiger partial charge in [-0.3, -0.25) is 9.88 Å². The fraction of sp³-hybridized carbons (Fsp3) is 0.688. The largest absolute Gasteiger partial charge is 0.314 e. The van der Waals surface area contributed by atoms with E-state index in [0.717, 1.165) is 36.6 Å². The fourth-order valence-electron chi connectivity index (χ4n) is 3.78. The highest BCUT2D eigenvalue weighted by atomic mass is 79.9. The van der Waals surface area contributed by atoms with E-state index in [4.69, 9.17) is 0 Å². The summed E-state index contributed by atoms with van der Waals surface area (Å²) in [6, 6.07) is 2.83. The van der Waals surface area contributed by atoms with Gasteiger partial charge in [-0.1, -0.05) is 19.3 Å². The van der Waals surface area contributed by atoms with Gasteiger partial charge in [0.25, 0.3) is 0 Å². The van der Waals surface area contributed by atoms with Gasteiger partial charge in [0.05, 0.1) is 0 Å². The Hall–Kier alpha value is 0.130. The maximum absolute atomic E-state index is 4.41. The molecule has 6 heteroatoms. The molecule has 0 spiro atoms. The van der Waals surface area contributed by atoms with Crippen molar-refractivity contribution in [3.8, 4) is 0 Å². The Balaban J connectivity index is 0.00000121. The van der Waals surface area contributed by atoms with Crippen molar-refractivity contribution in [3.05, 3.63) is 28.5 Å². The standard InChI is InChI=1S/C16H24BrN3.2ClH/c17-15-10-14(11-19-12-15)16(13-4-2-1-3-5-13)20-8-6-18-7-9-20;;/h10-13,16,18H,1-9H2;2*1H/t16-;;/m0../s1. The molecule has 0 amide bonds. The zero-order valence-corrected chi connectivity index (χ0v) is 16.1. The highest BCUT2D eigenvalue weighted by Gasteiger charge is 2.31. The molecule has 1 saturated heterocycles. The number of nitrogens with zero attached hydrogens (tertiary/aromatic N) is 2. The number of piperazine rings is 1. The molecule has 0 unspecified atom stereocenters. The summed E-state index contributed by atoms with van der Waals surface area (Å²) in [5.74, 6) is 0.804. The Labute approximate surface area is 154 Å². The van der Waals surface area contributed by atoms with Gasteiger partial charge in [0, 0.05) is 49.1 Å². The van der Waals surface area contributed by atoms with E-state index >= 15 is 0 Å². The van der Waals surface area contributed by atoms with Crippen LogP contribution in [0.3, 0.4) is 0 Å². The van der Waals surface area contributed by atoms with Crippen LogP contribution in [0, 0.1) is 5.92 Å². The van der Waals surface area contributed by atoms with E-state index in [2.05, 4.69) is 43.4 Å². The predicted octanol–water partition coefficient (Wildman–Crippen LogP) is 4.21. The van der Waals surface area contributed by atoms with Crippen LogP contribution < -0.4 is 5.32 Å². The van der Waals surface area contributed by atoms with Crippen molar-refractivity contribution in [3.63, 3.8) is 0 Å². The van der Waals surface area contributed by atoms with Crippen molar-refractivity contribution in [2.45, 2.75) is 38.1 Å². The minimum Gasteiger partial charge on any atom is -0.314 e. The Bertz CT molecular complexity index is 417. The molecule has 3 nitrogen and oxygen atoms in total. The van der Waals surface area contributed by atoms with Gasteiger partial charge in [0.15, 0.2) is 0 Å². The first-order chi connectivity index (χ1) is 9.84. The van der Waals surface area contributed by atoms with Gasteiger partial charge >= 0.3 is 0 Å². The third-order valence-electron chi connectivity index (χ3n) is 4.71. The van der Waals surface area contributed by atoms with Crippen molar-refractivity contribution in [1.82, 2.24) is 15.2 Å². The van der Waals surface area contributed by atoms with Crippen molar-refractivity contribution >= 4 is 40.7 Å². The van der Waals surface area contributed by atoms with Crippen LogP contribution in [0.25, 0.3) is 0 Å². The van der Waals surface area contributed by atoms with Crippen LogP contribution in [0.4, 0.5) is 0 Å². The number of hydrogen-bond acceptors (Lipinski definition) is 3. The van der Waals surface area contributed by atoms with Crippen molar-refractivity contribution in [1.29, 1.82) is 0 Å². The molecule has 0 radical (unpaired) electrons. The number of rotatable bonds is 3. The third-order valence-corrected chi connectivity index (χ3v) is 5.14. The minimum atomic E-state index is 0. The molecule has 3 rings (SSSR count). The van der Waals surface area contributed by atoms with Gasteiger partial charge in [-0.2, -0.15) is 0 Å². The molecule has 1 saturated carbocycles. The number of nitrogens with one attached hydrogen (secondary N) is 1. The predicted molar refractivity (Wildman–Crippen MR) is 100 cm³/mol. The maximum Gasteiger partial charge on any atom is 0.0410 e. The summed E-state index contributed by atoms with van der Waals surface area (Å²) >= 11 is 3.59. The van der Waals surface area contributed by atoms with E-state index in [1.54, 1.807) is 0 Å². The van der Waals surface area contributed by atoms with Crippen LogP contribution in [0.2, 0.25) is 0 Å². The molecule has 1 aliphatic carbocycles. The zero-order valence-electron chi connectivity index (χ0n) is 12.8. The van der Waals surface area contributed by atoms with Gasteiger partial charge in [-0.15, -0.1) is 24.8 Å². The van der Waals surface area contributed by atoms with E-state index < -0.39 is 0 Å². The lowest BCUT2D eigenvalue weighted by atomic mass is 9.80. The van der Waals surface area contributed by atoms with Gasteiger partial charge in [-0.25, -0.2) is 0 Å². The number of hydrogen-bond donors (Lipinski definition) is 1. The average molecular weight is 411 g/mol. The Morgan fingerprint density at radius 1 is 1.09 bits per heavy atom. The molecule has 0 aromatic carbocycles. The first-order valence-corrected chi connectivity index (χ1v) is 8.69. The summed E-state index contributed by atoms with van der Waals surface area (Å²) in [7, 11) is 0. The van der Waals surface area contributed by atoms with Crippen LogP contribution >= 0.6 is 40.7 Å². The SMILES string of the molecule is Brc1cncc([C@H](C2CCCCC2)N2CCNCC2)c1.Cl.Cl. The molecule has 2 heterocycles. The smallest absolute Gasteiger partial charge is 0.0410 e. The van der Waals surface area contributed by atoms with E-state index in [-0.39, 0.29) is 24.8 Å². The second-order valence-electron chi connectivity index (χ2n) is 6.07. The lowest BCUT2D eigenvalue weighted by molar-refractivity contribution is 0.103. The van der Waals surface area contributed by atoms with Crippen molar-refractivity contribution in [2.75, 3.05) is 26.2 Å². The topological polar surface area (TPSA) is 28.2 Å². The molecular formula is C16H26BrCl2N3. The summed E-state index contributed by atoms with van der Waals surface area (Å²) in [6.45, 7) is 4.55. The third kappa shape index (κ3) is 5.07. The van der Waals surface area contributed by atoms with Crippen LogP contribution in [0.15, 0.2) is 22.9 Å². The molecule has 1 aromatic rings. The molecular weight excluding hydrogens is 385 g/mol. The highest BCUT2D eigenvalue weighted by Crippen LogP contribution is 2.38. The maximum atomic E-state index is 4.41. The van der Waals surface area contributed by atoms with Crippen molar-refractivity contribution < 1.29 is 0 Å². The quantitative estimate of drug-likeness (QED) is 0.808. The van der Waals surface area contributed by atoms with Crippen molar-refractivity contribution in [2.24, 2.45) is 5.92 Å². The lowest BCUT2D eigenvalue weighted by Gasteiger charge is -2.41. The number of pyridine rings is 1. The normalized spacial score (nSPS) is 21.5. The minimum absolute atomic E-state index is 0. The first kappa shape index (κ1) is 20.2. The molecule has 2 fully saturated rings. The van der Waals surface area contributed by atoms with Gasteiger partial charge in [-0.05, 0) is 46.3 Å². The van der Waals surface area contributed by atoms with Crippen LogP contribution in [0.1, 0.15) is 43.7 Å². The number of aromatic nitrogens is 1. The van der Waals surface area contributed by atoms with E-state index in [1.807, 2.05) is 6.20 Å². The lowest BCUT2D eigenvalue weighted by Crippen LogP contribution is -2.47. The fourth-order valence-corrected chi connectivity index (χ4v) is 4.16. The highest BCUT2D eigenvalue weighted by molar-refractivity contribution is 9.10. The molecule has 0 bridgehead atoms. The van der Waals surface area contributed by atoms with E-state index in [1.165, 1.54) is 37.7 Å². The summed E-state index contributed by atoms with van der Waals surface area (Å²) in [5.41, 5.74) is 1.40. The molecule has 1 aromatic heterocycles. The Morgan fingerprint density at radius 2 is 1.77 bits per heavy atom. The summed E-state index contributed by atoms with van der Waals surface area (Å²) in [5, 5.41) is 3.47. The second kappa shape index (κ2) is 10.1. The van der Waals surface area contributed by atoms with Gasteiger partial charge in [0.2, 0.25) is 0 Å². The summed E-state index contributed by atoms with van der Waals surface area (Å²) in [4.78, 5) is 7.08. The van der Waals surface area contributed by atoms with Crippen LogP contribution in [-0.2, 0) is 0 Å². The van der Waals surface area contributed by atoms with E-state index in [9.17, 15) is 0 Å². The Morgan fingerprint density at radius 3 is 2.41 bits per heavy atom. The molecule has 2 aliphatic rings. The van der Waals surface area contributed by atoms with Gasteiger partial charge in [0.1, 0.15) is 0 Å². The number of halogens is 3. The molecule has 126 valence electrons. The molecule has 1 atom stereocenters.